The van der Waals surface area contributed by atoms with Crippen molar-refractivity contribution in [2.75, 3.05) is 7.05 Å². The summed E-state index contributed by atoms with van der Waals surface area (Å²) in [6.07, 6.45) is 0. The third-order valence-electron chi connectivity index (χ3n) is 2.45. The van der Waals surface area contributed by atoms with E-state index in [1.807, 2.05) is 26.2 Å². The predicted molar refractivity (Wildman–Crippen MR) is 80.6 cm³/mol. The van der Waals surface area contributed by atoms with Crippen molar-refractivity contribution in [2.45, 2.75) is 33.4 Å². The van der Waals surface area contributed by atoms with Gasteiger partial charge in [0, 0.05) is 12.4 Å². The highest BCUT2D eigenvalue weighted by Crippen LogP contribution is 2.11. The van der Waals surface area contributed by atoms with Gasteiger partial charge in [0.2, 0.25) is 5.91 Å². The smallest absolute Gasteiger partial charge is 0.239 e. The Bertz CT molecular complexity index is 371. The quantitative estimate of drug-likeness (QED) is 0.927. The predicted octanol–water partition coefficient (Wildman–Crippen LogP) is 2.24. The zero-order chi connectivity index (χ0) is 12.3. The van der Waals surface area contributed by atoms with Crippen molar-refractivity contribution in [3.8, 4) is 0 Å². The Morgan fingerprint density at radius 3 is 2.44 bits per heavy atom. The molecule has 0 fully saturated rings. The average Bonchev–Trinajstić information content (AvgIpc) is 2.61. The van der Waals surface area contributed by atoms with Gasteiger partial charge in [0.1, 0.15) is 0 Å². The van der Waals surface area contributed by atoms with E-state index >= 15 is 0 Å². The molecule has 1 aromatic rings. The molecule has 1 rings (SSSR count). The van der Waals surface area contributed by atoms with Gasteiger partial charge in [-0.25, -0.2) is 4.98 Å². The molecule has 1 aromatic heterocycles. The molecule has 0 radical (unpaired) electrons. The lowest BCUT2D eigenvalue weighted by Gasteiger charge is -2.22. The summed E-state index contributed by atoms with van der Waals surface area (Å²) in [6, 6.07) is -0.426. The highest BCUT2D eigenvalue weighted by Gasteiger charge is 2.21. The highest BCUT2D eigenvalue weighted by molar-refractivity contribution is 7.09. The molecule has 106 valence electrons. The number of nitrogens with zero attached hydrogens (tertiary/aromatic N) is 2. The first-order valence-corrected chi connectivity index (χ1v) is 6.21. The van der Waals surface area contributed by atoms with Crippen molar-refractivity contribution >= 4 is 42.1 Å². The van der Waals surface area contributed by atoms with Gasteiger partial charge in [0.05, 0.1) is 23.3 Å². The maximum absolute atomic E-state index is 11.9. The van der Waals surface area contributed by atoms with Gasteiger partial charge < -0.3 is 10.6 Å². The molecule has 0 spiro atoms. The summed E-state index contributed by atoms with van der Waals surface area (Å²) in [6.45, 7) is 6.38. The molecule has 1 unspecified atom stereocenters. The van der Waals surface area contributed by atoms with Crippen LogP contribution in [0.15, 0.2) is 5.38 Å². The van der Waals surface area contributed by atoms with E-state index in [9.17, 15) is 4.79 Å². The van der Waals surface area contributed by atoms with Gasteiger partial charge in [-0.2, -0.15) is 0 Å². The third kappa shape index (κ3) is 5.52. The van der Waals surface area contributed by atoms with Crippen LogP contribution in [-0.2, 0) is 11.3 Å². The van der Waals surface area contributed by atoms with E-state index in [0.29, 0.717) is 6.54 Å². The zero-order valence-corrected chi connectivity index (χ0v) is 13.5. The van der Waals surface area contributed by atoms with E-state index in [0.717, 1.165) is 10.7 Å². The average molecular weight is 314 g/mol. The van der Waals surface area contributed by atoms with E-state index in [1.54, 1.807) is 23.3 Å². The number of carbonyl (C=O) groups excluding carboxylic acids is 1. The molecular formula is C11H21Cl2N3OS. The van der Waals surface area contributed by atoms with Crippen LogP contribution in [0.4, 0.5) is 0 Å². The van der Waals surface area contributed by atoms with Crippen LogP contribution in [0.25, 0.3) is 0 Å². The maximum atomic E-state index is 11.9. The minimum absolute atomic E-state index is 0. The van der Waals surface area contributed by atoms with Gasteiger partial charge in [-0.05, 0) is 12.8 Å². The van der Waals surface area contributed by atoms with Crippen LogP contribution >= 0.6 is 36.2 Å². The highest BCUT2D eigenvalue weighted by atomic mass is 35.5. The normalized spacial score (nSPS) is 11.4. The fourth-order valence-electron chi connectivity index (χ4n) is 1.34. The number of aryl methyl sites for hydroxylation is 1. The lowest BCUT2D eigenvalue weighted by Crippen LogP contribution is -2.44. The van der Waals surface area contributed by atoms with Crippen molar-refractivity contribution in [3.05, 3.63) is 16.1 Å². The number of likely N-dealkylation sites (N-methyl/N-ethyl adjacent to an activating group) is 1. The summed E-state index contributed by atoms with van der Waals surface area (Å²) in [5, 5.41) is 2.99. The summed E-state index contributed by atoms with van der Waals surface area (Å²) in [5.74, 6) is 0.132. The Morgan fingerprint density at radius 2 is 2.06 bits per heavy atom. The van der Waals surface area contributed by atoms with Crippen LogP contribution in [-0.4, -0.2) is 28.9 Å². The van der Waals surface area contributed by atoms with E-state index in [1.165, 1.54) is 0 Å². The fourth-order valence-corrected chi connectivity index (χ4v) is 1.95. The van der Waals surface area contributed by atoms with Gasteiger partial charge >= 0.3 is 0 Å². The van der Waals surface area contributed by atoms with E-state index in [-0.39, 0.29) is 36.6 Å². The number of rotatable bonds is 4. The molecule has 0 saturated heterocycles. The second-order valence-corrected chi connectivity index (χ2v) is 5.38. The summed E-state index contributed by atoms with van der Waals surface area (Å²) in [7, 11) is 1.76. The van der Waals surface area contributed by atoms with Crippen LogP contribution < -0.4 is 5.73 Å². The molecule has 0 bridgehead atoms. The molecule has 1 heterocycles. The Labute approximate surface area is 125 Å². The minimum atomic E-state index is -0.426. The molecule has 1 atom stereocenters. The molecule has 0 aliphatic heterocycles. The SMILES string of the molecule is Cc1nc(CN(C)C(=O)C(N)C(C)C)cs1.Cl.Cl. The molecule has 4 nitrogen and oxygen atoms in total. The molecule has 18 heavy (non-hydrogen) atoms. The first kappa shape index (κ1) is 20.0. The van der Waals surface area contributed by atoms with Crippen LogP contribution in [0.1, 0.15) is 24.5 Å². The lowest BCUT2D eigenvalue weighted by molar-refractivity contribution is -0.132. The van der Waals surface area contributed by atoms with Crippen LogP contribution in [0, 0.1) is 12.8 Å². The second-order valence-electron chi connectivity index (χ2n) is 4.32. The Kier molecular flexibility index (Phi) is 9.64. The van der Waals surface area contributed by atoms with Crippen molar-refractivity contribution < 1.29 is 4.79 Å². The Balaban J connectivity index is 0. The molecule has 0 aliphatic rings. The number of hydrogen-bond donors (Lipinski definition) is 1. The van der Waals surface area contributed by atoms with E-state index in [4.69, 9.17) is 5.73 Å². The maximum Gasteiger partial charge on any atom is 0.239 e. The Morgan fingerprint density at radius 1 is 1.50 bits per heavy atom. The summed E-state index contributed by atoms with van der Waals surface area (Å²) < 4.78 is 0. The van der Waals surface area contributed by atoms with Gasteiger partial charge in [0.25, 0.3) is 0 Å². The van der Waals surface area contributed by atoms with Crippen molar-refractivity contribution in [2.24, 2.45) is 11.7 Å². The Hall–Kier alpha value is -0.360. The summed E-state index contributed by atoms with van der Waals surface area (Å²) >= 11 is 1.59. The number of amides is 1. The molecule has 0 aromatic carbocycles. The standard InChI is InChI=1S/C11H19N3OS.2ClH/c1-7(2)10(12)11(15)14(4)5-9-6-16-8(3)13-9;;/h6-7,10H,5,12H2,1-4H3;2*1H. The number of carbonyl (C=O) groups is 1. The van der Waals surface area contributed by atoms with Crippen molar-refractivity contribution in [3.63, 3.8) is 0 Å². The van der Waals surface area contributed by atoms with Gasteiger partial charge in [-0.15, -0.1) is 36.2 Å². The van der Waals surface area contributed by atoms with Crippen molar-refractivity contribution in [1.82, 2.24) is 9.88 Å². The molecule has 2 N–H and O–H groups in total. The minimum Gasteiger partial charge on any atom is -0.338 e. The second kappa shape index (κ2) is 8.69. The third-order valence-corrected chi connectivity index (χ3v) is 3.27. The number of aromatic nitrogens is 1. The van der Waals surface area contributed by atoms with Gasteiger partial charge in [0.15, 0.2) is 0 Å². The number of halogens is 2. The van der Waals surface area contributed by atoms with Crippen LogP contribution in [0.2, 0.25) is 0 Å². The molecule has 1 amide bonds. The largest absolute Gasteiger partial charge is 0.338 e. The zero-order valence-electron chi connectivity index (χ0n) is 11.0. The molecular weight excluding hydrogens is 293 g/mol. The van der Waals surface area contributed by atoms with Gasteiger partial charge in [-0.3, -0.25) is 4.79 Å². The fraction of sp³-hybridized carbons (Fsp3) is 0.636. The van der Waals surface area contributed by atoms with E-state index in [2.05, 4.69) is 4.98 Å². The monoisotopic (exact) mass is 313 g/mol. The topological polar surface area (TPSA) is 59.2 Å². The lowest BCUT2D eigenvalue weighted by atomic mass is 10.0. The first-order valence-electron chi connectivity index (χ1n) is 5.33. The van der Waals surface area contributed by atoms with Crippen LogP contribution in [0.3, 0.4) is 0 Å². The summed E-state index contributed by atoms with van der Waals surface area (Å²) in [4.78, 5) is 17.8. The van der Waals surface area contributed by atoms with E-state index < -0.39 is 6.04 Å². The van der Waals surface area contributed by atoms with Gasteiger partial charge in [-0.1, -0.05) is 13.8 Å². The van der Waals surface area contributed by atoms with Crippen molar-refractivity contribution in [1.29, 1.82) is 0 Å². The number of hydrogen-bond acceptors (Lipinski definition) is 4. The molecule has 0 saturated carbocycles. The molecule has 7 heteroatoms. The number of nitrogens with two attached hydrogens (primary N) is 1. The first-order chi connectivity index (χ1) is 7.41. The van der Waals surface area contributed by atoms with Crippen LogP contribution in [0.5, 0.6) is 0 Å². The summed E-state index contributed by atoms with van der Waals surface area (Å²) in [5.41, 5.74) is 6.74. The molecule has 0 aliphatic carbocycles. The number of thiazole rings is 1.